The molecule has 0 unspecified atom stereocenters. The summed E-state index contributed by atoms with van der Waals surface area (Å²) in [6, 6.07) is 1.68. The molecule has 2 aromatic rings. The molecule has 2 rings (SSSR count). The van der Waals surface area contributed by atoms with Crippen molar-refractivity contribution in [2.75, 3.05) is 17.7 Å². The number of hydrogen-bond donors (Lipinski definition) is 2. The zero-order valence-electron chi connectivity index (χ0n) is 9.39. The van der Waals surface area contributed by atoms with Crippen LogP contribution in [0.2, 0.25) is 0 Å². The second-order valence-electron chi connectivity index (χ2n) is 3.27. The van der Waals surface area contributed by atoms with Gasteiger partial charge in [0.15, 0.2) is 5.82 Å². The average molecular weight is 233 g/mol. The monoisotopic (exact) mass is 233 g/mol. The van der Waals surface area contributed by atoms with Gasteiger partial charge >= 0.3 is 6.01 Å². The van der Waals surface area contributed by atoms with Gasteiger partial charge in [0.25, 0.3) is 5.91 Å². The maximum absolute atomic E-state index is 11.9. The lowest BCUT2D eigenvalue weighted by Gasteiger charge is -2.06. The molecule has 88 valence electrons. The van der Waals surface area contributed by atoms with E-state index in [1.54, 1.807) is 26.2 Å². The summed E-state index contributed by atoms with van der Waals surface area (Å²) in [6.07, 6.45) is 3.10. The Balaban J connectivity index is 2.20. The Kier molecular flexibility index (Phi) is 2.99. The molecular formula is C10H11N5O2. The van der Waals surface area contributed by atoms with Crippen molar-refractivity contribution in [1.29, 1.82) is 0 Å². The fourth-order valence-corrected chi connectivity index (χ4v) is 1.30. The molecule has 0 bridgehead atoms. The number of aryl methyl sites for hydroxylation is 1. The lowest BCUT2D eigenvalue weighted by Crippen LogP contribution is -2.14. The zero-order chi connectivity index (χ0) is 12.3. The van der Waals surface area contributed by atoms with Crippen molar-refractivity contribution in [3.8, 4) is 0 Å². The predicted octanol–water partition coefficient (Wildman–Crippen LogP) is 1.07. The van der Waals surface area contributed by atoms with Crippen LogP contribution in [0.3, 0.4) is 0 Å². The molecule has 2 N–H and O–H groups in total. The van der Waals surface area contributed by atoms with E-state index in [0.717, 1.165) is 0 Å². The van der Waals surface area contributed by atoms with Gasteiger partial charge in [-0.3, -0.25) is 15.1 Å². The molecule has 17 heavy (non-hydrogen) atoms. The summed E-state index contributed by atoms with van der Waals surface area (Å²) in [5.41, 5.74) is 1.08. The fraction of sp³-hybridized carbons (Fsp3) is 0.200. The predicted molar refractivity (Wildman–Crippen MR) is 60.8 cm³/mol. The SMILES string of the molecule is CNc1cnccc1C(=O)Nc1nc(C)no1. The van der Waals surface area contributed by atoms with Crippen molar-refractivity contribution in [3.63, 3.8) is 0 Å². The highest BCUT2D eigenvalue weighted by Gasteiger charge is 2.13. The summed E-state index contributed by atoms with van der Waals surface area (Å²) in [6.45, 7) is 1.67. The summed E-state index contributed by atoms with van der Waals surface area (Å²) in [4.78, 5) is 19.7. The molecule has 7 heteroatoms. The van der Waals surface area contributed by atoms with Crippen molar-refractivity contribution >= 4 is 17.6 Å². The van der Waals surface area contributed by atoms with E-state index in [0.29, 0.717) is 17.1 Å². The van der Waals surface area contributed by atoms with Gasteiger partial charge in [0.1, 0.15) is 0 Å². The summed E-state index contributed by atoms with van der Waals surface area (Å²) in [7, 11) is 1.71. The number of rotatable bonds is 3. The largest absolute Gasteiger partial charge is 0.386 e. The molecule has 0 radical (unpaired) electrons. The van der Waals surface area contributed by atoms with Crippen LogP contribution in [-0.4, -0.2) is 28.1 Å². The Morgan fingerprint density at radius 1 is 1.47 bits per heavy atom. The molecular weight excluding hydrogens is 222 g/mol. The molecule has 0 spiro atoms. The summed E-state index contributed by atoms with van der Waals surface area (Å²) in [5.74, 6) is 0.129. The molecule has 0 saturated heterocycles. The second-order valence-corrected chi connectivity index (χ2v) is 3.27. The molecule has 0 aromatic carbocycles. The number of amides is 1. The van der Waals surface area contributed by atoms with Crippen LogP contribution in [-0.2, 0) is 0 Å². The highest BCUT2D eigenvalue weighted by Crippen LogP contribution is 2.14. The summed E-state index contributed by atoms with van der Waals surface area (Å²) < 4.78 is 4.80. The summed E-state index contributed by atoms with van der Waals surface area (Å²) >= 11 is 0. The molecule has 0 atom stereocenters. The average Bonchev–Trinajstić information content (AvgIpc) is 2.74. The molecule has 2 heterocycles. The van der Waals surface area contributed by atoms with Gasteiger partial charge in [-0.1, -0.05) is 5.16 Å². The number of pyridine rings is 1. The van der Waals surface area contributed by atoms with Crippen molar-refractivity contribution in [3.05, 3.63) is 29.8 Å². The maximum Gasteiger partial charge on any atom is 0.328 e. The van der Waals surface area contributed by atoms with Crippen molar-refractivity contribution in [2.24, 2.45) is 0 Å². The van der Waals surface area contributed by atoms with Gasteiger partial charge < -0.3 is 9.84 Å². The van der Waals surface area contributed by atoms with Gasteiger partial charge in [0.05, 0.1) is 17.4 Å². The zero-order valence-corrected chi connectivity index (χ0v) is 9.39. The van der Waals surface area contributed by atoms with Crippen LogP contribution in [0.15, 0.2) is 23.0 Å². The van der Waals surface area contributed by atoms with Crippen LogP contribution in [0.1, 0.15) is 16.2 Å². The van der Waals surface area contributed by atoms with Crippen molar-refractivity contribution < 1.29 is 9.32 Å². The standard InChI is InChI=1S/C10H11N5O2/c1-6-13-10(17-15-6)14-9(16)7-3-4-12-5-8(7)11-2/h3-5,11H,1-2H3,(H,13,14,15,16). The van der Waals surface area contributed by atoms with Crippen molar-refractivity contribution in [2.45, 2.75) is 6.92 Å². The second kappa shape index (κ2) is 4.60. The van der Waals surface area contributed by atoms with Crippen LogP contribution < -0.4 is 10.6 Å². The van der Waals surface area contributed by atoms with E-state index in [1.165, 1.54) is 6.20 Å². The number of carbonyl (C=O) groups is 1. The number of aromatic nitrogens is 3. The minimum atomic E-state index is -0.333. The Hall–Kier alpha value is -2.44. The van der Waals surface area contributed by atoms with Crippen LogP contribution in [0.4, 0.5) is 11.7 Å². The van der Waals surface area contributed by atoms with Gasteiger partial charge in [-0.25, -0.2) is 0 Å². The van der Waals surface area contributed by atoms with Crippen LogP contribution in [0.25, 0.3) is 0 Å². The van der Waals surface area contributed by atoms with Gasteiger partial charge in [0.2, 0.25) is 0 Å². The van der Waals surface area contributed by atoms with Crippen LogP contribution >= 0.6 is 0 Å². The normalized spacial score (nSPS) is 10.0. The minimum absolute atomic E-state index is 0.0753. The first-order valence-corrected chi connectivity index (χ1v) is 4.94. The molecule has 0 fully saturated rings. The number of nitrogens with one attached hydrogen (secondary N) is 2. The van der Waals surface area contributed by atoms with E-state index in [-0.39, 0.29) is 11.9 Å². The first kappa shape index (κ1) is 11.1. The van der Waals surface area contributed by atoms with Gasteiger partial charge in [-0.15, -0.1) is 0 Å². The summed E-state index contributed by atoms with van der Waals surface area (Å²) in [5, 5.41) is 8.96. The molecule has 7 nitrogen and oxygen atoms in total. The molecule has 0 aliphatic rings. The first-order chi connectivity index (χ1) is 8.20. The van der Waals surface area contributed by atoms with E-state index in [2.05, 4.69) is 25.8 Å². The Morgan fingerprint density at radius 2 is 2.29 bits per heavy atom. The third kappa shape index (κ3) is 2.39. The minimum Gasteiger partial charge on any atom is -0.386 e. The first-order valence-electron chi connectivity index (χ1n) is 4.94. The van der Waals surface area contributed by atoms with E-state index >= 15 is 0 Å². The molecule has 0 aliphatic carbocycles. The lowest BCUT2D eigenvalue weighted by atomic mass is 10.2. The number of hydrogen-bond acceptors (Lipinski definition) is 6. The van der Waals surface area contributed by atoms with E-state index in [9.17, 15) is 4.79 Å². The topological polar surface area (TPSA) is 92.9 Å². The lowest BCUT2D eigenvalue weighted by molar-refractivity contribution is 0.102. The smallest absolute Gasteiger partial charge is 0.328 e. The number of nitrogens with zero attached hydrogens (tertiary/aromatic N) is 3. The Labute approximate surface area is 97.2 Å². The van der Waals surface area contributed by atoms with Crippen molar-refractivity contribution in [1.82, 2.24) is 15.1 Å². The molecule has 0 saturated carbocycles. The van der Waals surface area contributed by atoms with Gasteiger partial charge in [0, 0.05) is 13.2 Å². The quantitative estimate of drug-likeness (QED) is 0.823. The maximum atomic E-state index is 11.9. The molecule has 1 amide bonds. The number of anilines is 2. The van der Waals surface area contributed by atoms with Gasteiger partial charge in [-0.2, -0.15) is 4.98 Å². The van der Waals surface area contributed by atoms with Crippen LogP contribution in [0, 0.1) is 6.92 Å². The molecule has 0 aliphatic heterocycles. The number of carbonyl (C=O) groups excluding carboxylic acids is 1. The van der Waals surface area contributed by atoms with E-state index in [1.807, 2.05) is 0 Å². The fourth-order valence-electron chi connectivity index (χ4n) is 1.30. The van der Waals surface area contributed by atoms with Crippen LogP contribution in [0.5, 0.6) is 0 Å². The Morgan fingerprint density at radius 3 is 2.94 bits per heavy atom. The highest BCUT2D eigenvalue weighted by molar-refractivity contribution is 6.06. The molecule has 2 aromatic heterocycles. The Bertz CT molecular complexity index is 537. The third-order valence-corrected chi connectivity index (χ3v) is 2.08. The van der Waals surface area contributed by atoms with E-state index in [4.69, 9.17) is 4.52 Å². The highest BCUT2D eigenvalue weighted by atomic mass is 16.5. The van der Waals surface area contributed by atoms with Gasteiger partial charge in [-0.05, 0) is 13.0 Å². The van der Waals surface area contributed by atoms with E-state index < -0.39 is 0 Å². The third-order valence-electron chi connectivity index (χ3n) is 2.08.